The van der Waals surface area contributed by atoms with Gasteiger partial charge in [-0.2, -0.15) is 0 Å². The normalized spacial score (nSPS) is 16.1. The highest BCUT2D eigenvalue weighted by atomic mass is 35.5. The summed E-state index contributed by atoms with van der Waals surface area (Å²) in [7, 11) is 0. The third-order valence-corrected chi connectivity index (χ3v) is 3.99. The van der Waals surface area contributed by atoms with Gasteiger partial charge in [-0.1, -0.05) is 17.7 Å². The molecule has 0 bridgehead atoms. The van der Waals surface area contributed by atoms with Gasteiger partial charge in [0.1, 0.15) is 5.82 Å². The summed E-state index contributed by atoms with van der Waals surface area (Å²) < 4.78 is 13.5. The van der Waals surface area contributed by atoms with Crippen LogP contribution in [0, 0.1) is 5.82 Å². The molecule has 1 aromatic rings. The summed E-state index contributed by atoms with van der Waals surface area (Å²) in [5.74, 6) is -0.225. The fourth-order valence-electron chi connectivity index (χ4n) is 2.51. The van der Waals surface area contributed by atoms with Gasteiger partial charge in [0.2, 0.25) is 0 Å². The van der Waals surface area contributed by atoms with Crippen LogP contribution in [0.1, 0.15) is 31.2 Å². The molecular weight excluding hydrogens is 263 g/mol. The predicted molar refractivity (Wildman–Crippen MR) is 78.0 cm³/mol. The van der Waals surface area contributed by atoms with Gasteiger partial charge in [-0.05, 0) is 64.0 Å². The first-order valence-corrected chi connectivity index (χ1v) is 7.51. The maximum atomic E-state index is 13.5. The van der Waals surface area contributed by atoms with Crippen molar-refractivity contribution in [3.05, 3.63) is 34.6 Å². The number of nitrogens with zero attached hydrogens (tertiary/aromatic N) is 1. The molecule has 1 N–H and O–H groups in total. The molecule has 1 heterocycles. The summed E-state index contributed by atoms with van der Waals surface area (Å²) in [6.07, 6.45) is 5.04. The van der Waals surface area contributed by atoms with Gasteiger partial charge in [0.05, 0.1) is 0 Å². The van der Waals surface area contributed by atoms with E-state index < -0.39 is 0 Å². The molecule has 2 nitrogen and oxygen atoms in total. The van der Waals surface area contributed by atoms with Crippen molar-refractivity contribution in [1.29, 1.82) is 0 Å². The zero-order chi connectivity index (χ0) is 13.5. The predicted octanol–water partition coefficient (Wildman–Crippen LogP) is 3.44. The van der Waals surface area contributed by atoms with E-state index in [0.29, 0.717) is 17.1 Å². The SMILES string of the molecule is Fc1cccc(Cl)c1CNCCCCN1CCCC1. The van der Waals surface area contributed by atoms with Crippen molar-refractivity contribution in [2.75, 3.05) is 26.2 Å². The Bertz CT molecular complexity index is 371. The van der Waals surface area contributed by atoms with Crippen molar-refractivity contribution in [3.63, 3.8) is 0 Å². The van der Waals surface area contributed by atoms with E-state index in [2.05, 4.69) is 10.2 Å². The third kappa shape index (κ3) is 4.75. The Morgan fingerprint density at radius 1 is 1.21 bits per heavy atom. The second-order valence-electron chi connectivity index (χ2n) is 5.13. The largest absolute Gasteiger partial charge is 0.313 e. The second kappa shape index (κ2) is 7.83. The van der Waals surface area contributed by atoms with Crippen LogP contribution in [0.2, 0.25) is 5.02 Å². The molecule has 4 heteroatoms. The maximum absolute atomic E-state index is 13.5. The summed E-state index contributed by atoms with van der Waals surface area (Å²) >= 11 is 5.97. The molecular formula is C15H22ClFN2. The van der Waals surface area contributed by atoms with Gasteiger partial charge in [-0.3, -0.25) is 0 Å². The van der Waals surface area contributed by atoms with Crippen molar-refractivity contribution in [3.8, 4) is 0 Å². The van der Waals surface area contributed by atoms with Crippen LogP contribution >= 0.6 is 11.6 Å². The van der Waals surface area contributed by atoms with Crippen LogP contribution in [0.4, 0.5) is 4.39 Å². The van der Waals surface area contributed by atoms with E-state index in [1.807, 2.05) is 0 Å². The lowest BCUT2D eigenvalue weighted by Gasteiger charge is -2.14. The average molecular weight is 285 g/mol. The highest BCUT2D eigenvalue weighted by Crippen LogP contribution is 2.18. The van der Waals surface area contributed by atoms with Crippen LogP contribution in [0.15, 0.2) is 18.2 Å². The number of benzene rings is 1. The zero-order valence-electron chi connectivity index (χ0n) is 11.3. The quantitative estimate of drug-likeness (QED) is 0.772. The number of unbranched alkanes of at least 4 members (excludes halogenated alkanes) is 1. The number of nitrogens with one attached hydrogen (secondary N) is 1. The summed E-state index contributed by atoms with van der Waals surface area (Å²) in [5.41, 5.74) is 0.573. The smallest absolute Gasteiger partial charge is 0.129 e. The Morgan fingerprint density at radius 3 is 2.74 bits per heavy atom. The Hall–Kier alpha value is -0.640. The molecule has 1 fully saturated rings. The van der Waals surface area contributed by atoms with Crippen LogP contribution < -0.4 is 5.32 Å². The van der Waals surface area contributed by atoms with E-state index in [4.69, 9.17) is 11.6 Å². The Balaban J connectivity index is 1.58. The second-order valence-corrected chi connectivity index (χ2v) is 5.54. The minimum absolute atomic E-state index is 0.225. The van der Waals surface area contributed by atoms with Crippen molar-refractivity contribution in [2.24, 2.45) is 0 Å². The highest BCUT2D eigenvalue weighted by Gasteiger charge is 2.10. The van der Waals surface area contributed by atoms with Gasteiger partial charge in [-0.15, -0.1) is 0 Å². The Morgan fingerprint density at radius 2 is 2.00 bits per heavy atom. The minimum Gasteiger partial charge on any atom is -0.313 e. The number of hydrogen-bond acceptors (Lipinski definition) is 2. The standard InChI is InChI=1S/C15H22ClFN2/c16-14-6-5-7-15(17)13(14)12-18-8-1-2-9-19-10-3-4-11-19/h5-7,18H,1-4,8-12H2. The van der Waals surface area contributed by atoms with Gasteiger partial charge in [0.15, 0.2) is 0 Å². The molecule has 0 atom stereocenters. The van der Waals surface area contributed by atoms with E-state index in [9.17, 15) is 4.39 Å². The summed E-state index contributed by atoms with van der Waals surface area (Å²) in [6, 6.07) is 4.82. The lowest BCUT2D eigenvalue weighted by Crippen LogP contribution is -2.22. The molecule has 0 amide bonds. The van der Waals surface area contributed by atoms with E-state index >= 15 is 0 Å². The molecule has 0 spiro atoms. The molecule has 19 heavy (non-hydrogen) atoms. The van der Waals surface area contributed by atoms with E-state index in [1.54, 1.807) is 12.1 Å². The van der Waals surface area contributed by atoms with Crippen molar-refractivity contribution in [1.82, 2.24) is 10.2 Å². The Labute approximate surface area is 119 Å². The van der Waals surface area contributed by atoms with E-state index in [0.717, 1.165) is 13.0 Å². The molecule has 0 saturated carbocycles. The molecule has 2 rings (SSSR count). The molecule has 0 aromatic heterocycles. The molecule has 0 aliphatic carbocycles. The van der Waals surface area contributed by atoms with Gasteiger partial charge in [0.25, 0.3) is 0 Å². The van der Waals surface area contributed by atoms with Crippen molar-refractivity contribution < 1.29 is 4.39 Å². The number of rotatable bonds is 7. The first kappa shape index (κ1) is 14.8. The number of hydrogen-bond donors (Lipinski definition) is 1. The average Bonchev–Trinajstić information content (AvgIpc) is 2.89. The maximum Gasteiger partial charge on any atom is 0.129 e. The van der Waals surface area contributed by atoms with Crippen LogP contribution in [0.5, 0.6) is 0 Å². The fourth-order valence-corrected chi connectivity index (χ4v) is 2.74. The molecule has 1 aliphatic rings. The molecule has 0 radical (unpaired) electrons. The summed E-state index contributed by atoms with van der Waals surface area (Å²) in [5, 5.41) is 3.77. The first-order valence-electron chi connectivity index (χ1n) is 7.13. The number of likely N-dealkylation sites (tertiary alicyclic amines) is 1. The lowest BCUT2D eigenvalue weighted by molar-refractivity contribution is 0.329. The summed E-state index contributed by atoms with van der Waals surface area (Å²) in [6.45, 7) is 5.15. The zero-order valence-corrected chi connectivity index (χ0v) is 12.1. The number of halogens is 2. The third-order valence-electron chi connectivity index (χ3n) is 3.64. The minimum atomic E-state index is -0.225. The molecule has 1 aliphatic heterocycles. The first-order chi connectivity index (χ1) is 9.27. The molecule has 106 valence electrons. The van der Waals surface area contributed by atoms with E-state index in [1.165, 1.54) is 45.0 Å². The molecule has 1 aromatic carbocycles. The van der Waals surface area contributed by atoms with Crippen LogP contribution in [0.25, 0.3) is 0 Å². The van der Waals surface area contributed by atoms with E-state index in [-0.39, 0.29) is 5.82 Å². The lowest BCUT2D eigenvalue weighted by atomic mass is 10.2. The monoisotopic (exact) mass is 284 g/mol. The van der Waals surface area contributed by atoms with Gasteiger partial charge in [0, 0.05) is 17.1 Å². The van der Waals surface area contributed by atoms with Crippen LogP contribution in [-0.4, -0.2) is 31.1 Å². The van der Waals surface area contributed by atoms with Crippen LogP contribution in [-0.2, 0) is 6.54 Å². The van der Waals surface area contributed by atoms with Crippen molar-refractivity contribution in [2.45, 2.75) is 32.2 Å². The fraction of sp³-hybridized carbons (Fsp3) is 0.600. The van der Waals surface area contributed by atoms with Crippen LogP contribution in [0.3, 0.4) is 0 Å². The van der Waals surface area contributed by atoms with Gasteiger partial charge >= 0.3 is 0 Å². The Kier molecular flexibility index (Phi) is 6.08. The van der Waals surface area contributed by atoms with Gasteiger partial charge < -0.3 is 10.2 Å². The summed E-state index contributed by atoms with van der Waals surface area (Å²) in [4.78, 5) is 2.52. The topological polar surface area (TPSA) is 15.3 Å². The highest BCUT2D eigenvalue weighted by molar-refractivity contribution is 6.31. The van der Waals surface area contributed by atoms with Crippen molar-refractivity contribution >= 4 is 11.6 Å². The molecule has 1 saturated heterocycles. The molecule has 0 unspecified atom stereocenters. The van der Waals surface area contributed by atoms with Gasteiger partial charge in [-0.25, -0.2) is 4.39 Å².